The smallest absolute Gasteiger partial charge is 0.306 e. The van der Waals surface area contributed by atoms with Crippen LogP contribution in [-0.2, 0) is 4.79 Å². The molecule has 1 aromatic heterocycles. The number of para-hydroxylation sites is 1. The summed E-state index contributed by atoms with van der Waals surface area (Å²) in [5.41, 5.74) is 3.06. The highest BCUT2D eigenvalue weighted by atomic mass is 35.5. The Bertz CT molecular complexity index is 950. The number of hydrogen-bond donors (Lipinski definition) is 1. The summed E-state index contributed by atoms with van der Waals surface area (Å²) in [4.78, 5) is 18.6. The molecule has 0 aliphatic carbocycles. The molecule has 0 saturated carbocycles. The van der Waals surface area contributed by atoms with Gasteiger partial charge in [-0.2, -0.15) is 0 Å². The number of carboxylic acids is 1. The lowest BCUT2D eigenvalue weighted by Gasteiger charge is -2.36. The van der Waals surface area contributed by atoms with Gasteiger partial charge in [-0.15, -0.1) is 0 Å². The van der Waals surface area contributed by atoms with Gasteiger partial charge in [0.05, 0.1) is 23.2 Å². The van der Waals surface area contributed by atoms with Crippen LogP contribution in [0, 0.1) is 5.92 Å². The Kier molecular flexibility index (Phi) is 5.10. The van der Waals surface area contributed by atoms with Gasteiger partial charge < -0.3 is 5.11 Å². The summed E-state index contributed by atoms with van der Waals surface area (Å²) in [6.45, 7) is 1.47. The van der Waals surface area contributed by atoms with Gasteiger partial charge in [0.15, 0.2) is 0 Å². The molecule has 1 atom stereocenters. The number of piperidine rings is 1. The molecule has 5 heteroatoms. The predicted molar refractivity (Wildman–Crippen MR) is 107 cm³/mol. The maximum Gasteiger partial charge on any atom is 0.306 e. The number of rotatable bonds is 4. The molecule has 1 saturated heterocycles. The van der Waals surface area contributed by atoms with Crippen molar-refractivity contribution in [2.45, 2.75) is 18.9 Å². The zero-order valence-electron chi connectivity index (χ0n) is 14.9. The molecule has 1 unspecified atom stereocenters. The van der Waals surface area contributed by atoms with E-state index in [1.54, 1.807) is 0 Å². The quantitative estimate of drug-likeness (QED) is 0.708. The van der Waals surface area contributed by atoms with E-state index in [1.165, 1.54) is 0 Å². The van der Waals surface area contributed by atoms with Gasteiger partial charge in [0.25, 0.3) is 0 Å². The topological polar surface area (TPSA) is 53.4 Å². The van der Waals surface area contributed by atoms with E-state index in [-0.39, 0.29) is 12.0 Å². The standard InChI is InChI=1S/C22H21ClN2O2/c23-18-8-5-16(6-9-18)21(25-13-11-17(12-14-25)22(26)27)20-10-7-15-3-1-2-4-19(15)24-20/h1-10,17,21H,11-14H2,(H,26,27). The number of fused-ring (bicyclic) bond motifs is 1. The maximum atomic E-state index is 11.3. The summed E-state index contributed by atoms with van der Waals surface area (Å²) in [5, 5.41) is 11.1. The highest BCUT2D eigenvalue weighted by Gasteiger charge is 2.30. The first-order chi connectivity index (χ1) is 13.1. The fourth-order valence-corrected chi connectivity index (χ4v) is 3.98. The SMILES string of the molecule is O=C(O)C1CCN(C(c2ccc(Cl)cc2)c2ccc3ccccc3n2)CC1. The zero-order valence-corrected chi connectivity index (χ0v) is 15.6. The minimum atomic E-state index is -0.693. The molecule has 1 aliphatic heterocycles. The highest BCUT2D eigenvalue weighted by Crippen LogP contribution is 2.33. The highest BCUT2D eigenvalue weighted by molar-refractivity contribution is 6.30. The molecule has 2 aromatic carbocycles. The Hall–Kier alpha value is -2.43. The lowest BCUT2D eigenvalue weighted by Crippen LogP contribution is -2.39. The van der Waals surface area contributed by atoms with Crippen molar-refractivity contribution in [3.8, 4) is 0 Å². The number of benzene rings is 2. The molecular weight excluding hydrogens is 360 g/mol. The number of hydrogen-bond acceptors (Lipinski definition) is 3. The number of carbonyl (C=O) groups is 1. The number of aliphatic carboxylic acids is 1. The van der Waals surface area contributed by atoms with Crippen molar-refractivity contribution in [1.29, 1.82) is 0 Å². The third-order valence-corrected chi connectivity index (χ3v) is 5.58. The van der Waals surface area contributed by atoms with E-state index in [2.05, 4.69) is 23.1 Å². The lowest BCUT2D eigenvalue weighted by molar-refractivity contribution is -0.143. The van der Waals surface area contributed by atoms with Crippen LogP contribution in [0.2, 0.25) is 5.02 Å². The van der Waals surface area contributed by atoms with E-state index in [4.69, 9.17) is 16.6 Å². The minimum absolute atomic E-state index is 0.0124. The first kappa shape index (κ1) is 18.0. The van der Waals surface area contributed by atoms with E-state index in [0.29, 0.717) is 17.9 Å². The second-order valence-electron chi connectivity index (χ2n) is 7.03. The van der Waals surface area contributed by atoms with Gasteiger partial charge in [-0.1, -0.05) is 48.0 Å². The first-order valence-electron chi connectivity index (χ1n) is 9.20. The monoisotopic (exact) mass is 380 g/mol. The Morgan fingerprint density at radius 1 is 1.04 bits per heavy atom. The summed E-state index contributed by atoms with van der Waals surface area (Å²) in [7, 11) is 0. The molecule has 0 amide bonds. The molecule has 138 valence electrons. The largest absolute Gasteiger partial charge is 0.481 e. The number of halogens is 1. The van der Waals surface area contributed by atoms with Gasteiger partial charge in [0, 0.05) is 10.4 Å². The van der Waals surface area contributed by atoms with E-state index in [1.807, 2.05) is 42.5 Å². The van der Waals surface area contributed by atoms with Crippen LogP contribution in [0.1, 0.15) is 30.1 Å². The molecule has 3 aromatic rings. The summed E-state index contributed by atoms with van der Waals surface area (Å²) in [6, 6.07) is 20.1. The van der Waals surface area contributed by atoms with Gasteiger partial charge in [0.2, 0.25) is 0 Å². The van der Waals surface area contributed by atoms with E-state index >= 15 is 0 Å². The van der Waals surface area contributed by atoms with Crippen LogP contribution in [0.3, 0.4) is 0 Å². The van der Waals surface area contributed by atoms with Crippen molar-refractivity contribution in [3.05, 3.63) is 76.9 Å². The normalized spacial score (nSPS) is 17.1. The Morgan fingerprint density at radius 3 is 2.44 bits per heavy atom. The summed E-state index contributed by atoms with van der Waals surface area (Å²) in [5.74, 6) is -0.946. The average Bonchev–Trinajstić information content (AvgIpc) is 2.70. The Labute approximate surface area is 163 Å². The van der Waals surface area contributed by atoms with E-state index < -0.39 is 5.97 Å². The van der Waals surface area contributed by atoms with Crippen molar-refractivity contribution in [2.24, 2.45) is 5.92 Å². The number of pyridine rings is 1. The molecule has 1 N–H and O–H groups in total. The summed E-state index contributed by atoms with van der Waals surface area (Å²) >= 11 is 6.09. The van der Waals surface area contributed by atoms with Crippen molar-refractivity contribution in [1.82, 2.24) is 9.88 Å². The lowest BCUT2D eigenvalue weighted by atomic mass is 9.93. The van der Waals surface area contributed by atoms with Crippen LogP contribution in [0.15, 0.2) is 60.7 Å². The van der Waals surface area contributed by atoms with Gasteiger partial charge in [-0.25, -0.2) is 0 Å². The van der Waals surface area contributed by atoms with Crippen molar-refractivity contribution in [3.63, 3.8) is 0 Å². The van der Waals surface area contributed by atoms with E-state index in [0.717, 1.165) is 35.2 Å². The molecule has 4 nitrogen and oxygen atoms in total. The van der Waals surface area contributed by atoms with Crippen molar-refractivity contribution < 1.29 is 9.90 Å². The van der Waals surface area contributed by atoms with Crippen molar-refractivity contribution in [2.75, 3.05) is 13.1 Å². The van der Waals surface area contributed by atoms with Gasteiger partial charge in [-0.3, -0.25) is 14.7 Å². The van der Waals surface area contributed by atoms with Crippen LogP contribution in [0.4, 0.5) is 0 Å². The second-order valence-corrected chi connectivity index (χ2v) is 7.47. The van der Waals surface area contributed by atoms with Crippen LogP contribution in [-0.4, -0.2) is 34.0 Å². The number of likely N-dealkylation sites (tertiary alicyclic amines) is 1. The maximum absolute atomic E-state index is 11.3. The Balaban J connectivity index is 1.71. The molecule has 27 heavy (non-hydrogen) atoms. The second kappa shape index (κ2) is 7.67. The summed E-state index contributed by atoms with van der Waals surface area (Å²) < 4.78 is 0. The van der Waals surface area contributed by atoms with Gasteiger partial charge >= 0.3 is 5.97 Å². The predicted octanol–water partition coefficient (Wildman–Crippen LogP) is 4.77. The molecule has 0 bridgehead atoms. The number of carboxylic acid groups (broad SMARTS) is 1. The van der Waals surface area contributed by atoms with Crippen LogP contribution in [0.5, 0.6) is 0 Å². The van der Waals surface area contributed by atoms with Crippen LogP contribution >= 0.6 is 11.6 Å². The fourth-order valence-electron chi connectivity index (χ4n) is 3.85. The Morgan fingerprint density at radius 2 is 1.74 bits per heavy atom. The molecule has 4 rings (SSSR count). The molecule has 0 spiro atoms. The number of aromatic nitrogens is 1. The third kappa shape index (κ3) is 3.82. The molecule has 1 aliphatic rings. The third-order valence-electron chi connectivity index (χ3n) is 5.33. The fraction of sp³-hybridized carbons (Fsp3) is 0.273. The number of nitrogens with zero attached hydrogens (tertiary/aromatic N) is 2. The van der Waals surface area contributed by atoms with E-state index in [9.17, 15) is 9.90 Å². The molecular formula is C22H21ClN2O2. The van der Waals surface area contributed by atoms with Crippen molar-refractivity contribution >= 4 is 28.5 Å². The molecule has 0 radical (unpaired) electrons. The van der Waals surface area contributed by atoms with Gasteiger partial charge in [-0.05, 0) is 55.8 Å². The van der Waals surface area contributed by atoms with Crippen LogP contribution < -0.4 is 0 Å². The van der Waals surface area contributed by atoms with Gasteiger partial charge in [0.1, 0.15) is 0 Å². The molecule has 2 heterocycles. The minimum Gasteiger partial charge on any atom is -0.481 e. The average molecular weight is 381 g/mol. The summed E-state index contributed by atoms with van der Waals surface area (Å²) in [6.07, 6.45) is 1.32. The van der Waals surface area contributed by atoms with Crippen LogP contribution in [0.25, 0.3) is 10.9 Å². The zero-order chi connectivity index (χ0) is 18.8. The first-order valence-corrected chi connectivity index (χ1v) is 9.57. The molecule has 1 fully saturated rings.